The number of nitrogens with zero attached hydrogens (tertiary/aromatic N) is 4. The summed E-state index contributed by atoms with van der Waals surface area (Å²) in [7, 11) is 1.84. The molecule has 0 saturated carbocycles. The molecule has 1 heterocycles. The zero-order chi connectivity index (χ0) is 17.1. The second-order valence-corrected chi connectivity index (χ2v) is 5.14. The molecule has 0 fully saturated rings. The molecule has 8 heteroatoms. The number of halogens is 1. The quantitative estimate of drug-likeness (QED) is 0.575. The molecule has 0 unspecified atom stereocenters. The lowest BCUT2D eigenvalue weighted by Gasteiger charge is -2.07. The number of benzene rings is 2. The third-order valence-corrected chi connectivity index (χ3v) is 3.59. The van der Waals surface area contributed by atoms with Crippen molar-refractivity contribution in [1.29, 1.82) is 0 Å². The molecule has 3 rings (SSSR count). The lowest BCUT2D eigenvalue weighted by atomic mass is 10.2. The molecular weight excluding hydrogens is 313 g/mol. The van der Waals surface area contributed by atoms with E-state index >= 15 is 0 Å². The van der Waals surface area contributed by atoms with Crippen LogP contribution in [-0.4, -0.2) is 19.7 Å². The van der Waals surface area contributed by atoms with Crippen LogP contribution >= 0.6 is 0 Å². The SMILES string of the molecule is Cn1c(CNc2ccc(F)c([N+](=O)[O-])c2)nnc1-c1ccccc1. The molecule has 0 aliphatic rings. The van der Waals surface area contributed by atoms with Gasteiger partial charge in [-0.15, -0.1) is 10.2 Å². The van der Waals surface area contributed by atoms with Gasteiger partial charge in [0.25, 0.3) is 0 Å². The first-order valence-electron chi connectivity index (χ1n) is 7.18. The molecule has 0 saturated heterocycles. The first-order valence-corrected chi connectivity index (χ1v) is 7.18. The normalized spacial score (nSPS) is 10.6. The predicted molar refractivity (Wildman–Crippen MR) is 86.8 cm³/mol. The summed E-state index contributed by atoms with van der Waals surface area (Å²) in [5.41, 5.74) is 0.812. The summed E-state index contributed by atoms with van der Waals surface area (Å²) in [6.07, 6.45) is 0. The van der Waals surface area contributed by atoms with Crippen LogP contribution in [-0.2, 0) is 13.6 Å². The Morgan fingerprint density at radius 3 is 2.67 bits per heavy atom. The summed E-state index contributed by atoms with van der Waals surface area (Å²) in [5, 5.41) is 22.1. The van der Waals surface area contributed by atoms with E-state index in [0.717, 1.165) is 23.5 Å². The summed E-state index contributed by atoms with van der Waals surface area (Å²) in [6, 6.07) is 13.3. The van der Waals surface area contributed by atoms with Crippen molar-refractivity contribution in [3.63, 3.8) is 0 Å². The summed E-state index contributed by atoms with van der Waals surface area (Å²) in [4.78, 5) is 10.0. The first kappa shape index (κ1) is 15.6. The standard InChI is InChI=1S/C16H14FN5O2/c1-21-15(19-20-16(21)11-5-3-2-4-6-11)10-18-12-7-8-13(17)14(9-12)22(23)24/h2-9,18H,10H2,1H3. The van der Waals surface area contributed by atoms with Gasteiger partial charge in [0.2, 0.25) is 5.82 Å². The molecule has 0 radical (unpaired) electrons. The Morgan fingerprint density at radius 2 is 1.96 bits per heavy atom. The first-order chi connectivity index (χ1) is 11.6. The Kier molecular flexibility index (Phi) is 4.19. The highest BCUT2D eigenvalue weighted by molar-refractivity contribution is 5.55. The molecule has 0 aliphatic carbocycles. The lowest BCUT2D eigenvalue weighted by molar-refractivity contribution is -0.387. The number of aromatic nitrogens is 3. The van der Waals surface area contributed by atoms with Crippen molar-refractivity contribution in [2.75, 3.05) is 5.32 Å². The Morgan fingerprint density at radius 1 is 1.21 bits per heavy atom. The Balaban J connectivity index is 1.78. The summed E-state index contributed by atoms with van der Waals surface area (Å²) >= 11 is 0. The summed E-state index contributed by atoms with van der Waals surface area (Å²) in [6.45, 7) is 0.305. The fourth-order valence-electron chi connectivity index (χ4n) is 2.30. The van der Waals surface area contributed by atoms with E-state index in [4.69, 9.17) is 0 Å². The smallest absolute Gasteiger partial charge is 0.306 e. The topological polar surface area (TPSA) is 85.9 Å². The zero-order valence-electron chi connectivity index (χ0n) is 12.8. The second-order valence-electron chi connectivity index (χ2n) is 5.14. The largest absolute Gasteiger partial charge is 0.378 e. The van der Waals surface area contributed by atoms with E-state index in [-0.39, 0.29) is 0 Å². The van der Waals surface area contributed by atoms with E-state index in [2.05, 4.69) is 15.5 Å². The second kappa shape index (κ2) is 6.45. The van der Waals surface area contributed by atoms with Crippen LogP contribution in [0, 0.1) is 15.9 Å². The van der Waals surface area contributed by atoms with E-state index in [1.165, 1.54) is 6.07 Å². The van der Waals surface area contributed by atoms with Gasteiger partial charge in [0, 0.05) is 24.4 Å². The van der Waals surface area contributed by atoms with E-state index < -0.39 is 16.4 Å². The average molecular weight is 327 g/mol. The van der Waals surface area contributed by atoms with Gasteiger partial charge in [0.1, 0.15) is 0 Å². The highest BCUT2D eigenvalue weighted by atomic mass is 19.1. The van der Waals surface area contributed by atoms with Crippen LogP contribution in [0.3, 0.4) is 0 Å². The van der Waals surface area contributed by atoms with Crippen molar-refractivity contribution >= 4 is 11.4 Å². The monoisotopic (exact) mass is 327 g/mol. The summed E-state index contributed by atoms with van der Waals surface area (Å²) in [5.74, 6) is 0.508. The van der Waals surface area contributed by atoms with Gasteiger partial charge in [-0.1, -0.05) is 30.3 Å². The third-order valence-electron chi connectivity index (χ3n) is 3.59. The van der Waals surface area contributed by atoms with Crippen molar-refractivity contribution < 1.29 is 9.31 Å². The number of nitrogens with one attached hydrogen (secondary N) is 1. The molecule has 122 valence electrons. The molecule has 3 aromatic rings. The highest BCUT2D eigenvalue weighted by Crippen LogP contribution is 2.22. The third kappa shape index (κ3) is 3.07. The maximum Gasteiger partial charge on any atom is 0.306 e. The fraction of sp³-hybridized carbons (Fsp3) is 0.125. The lowest BCUT2D eigenvalue weighted by Crippen LogP contribution is -2.07. The molecule has 2 aromatic carbocycles. The van der Waals surface area contributed by atoms with Crippen molar-refractivity contribution in [2.24, 2.45) is 7.05 Å². The average Bonchev–Trinajstić information content (AvgIpc) is 2.95. The van der Waals surface area contributed by atoms with E-state index in [0.29, 0.717) is 18.1 Å². The number of anilines is 1. The molecule has 24 heavy (non-hydrogen) atoms. The molecule has 1 aromatic heterocycles. The van der Waals surface area contributed by atoms with Crippen molar-refractivity contribution in [1.82, 2.24) is 14.8 Å². The van der Waals surface area contributed by atoms with Crippen LogP contribution in [0.1, 0.15) is 5.82 Å². The number of hydrogen-bond donors (Lipinski definition) is 1. The van der Waals surface area contributed by atoms with Gasteiger partial charge in [-0.3, -0.25) is 10.1 Å². The molecule has 0 amide bonds. The van der Waals surface area contributed by atoms with Crippen LogP contribution in [0.4, 0.5) is 15.8 Å². The van der Waals surface area contributed by atoms with Crippen LogP contribution in [0.25, 0.3) is 11.4 Å². The van der Waals surface area contributed by atoms with Gasteiger partial charge in [-0.05, 0) is 12.1 Å². The van der Waals surface area contributed by atoms with Gasteiger partial charge in [-0.2, -0.15) is 4.39 Å². The number of nitro benzene ring substituents is 1. The minimum absolute atomic E-state index is 0.305. The van der Waals surface area contributed by atoms with E-state index in [1.807, 2.05) is 41.9 Å². The summed E-state index contributed by atoms with van der Waals surface area (Å²) < 4.78 is 15.2. The molecule has 0 atom stereocenters. The van der Waals surface area contributed by atoms with Crippen LogP contribution < -0.4 is 5.32 Å². The van der Waals surface area contributed by atoms with Crippen molar-refractivity contribution in [3.8, 4) is 11.4 Å². The molecule has 1 N–H and O–H groups in total. The maximum atomic E-state index is 13.3. The number of nitro groups is 1. The zero-order valence-corrected chi connectivity index (χ0v) is 12.8. The number of rotatable bonds is 5. The molecule has 7 nitrogen and oxygen atoms in total. The maximum absolute atomic E-state index is 13.3. The van der Waals surface area contributed by atoms with Crippen molar-refractivity contribution in [3.05, 3.63) is 70.3 Å². The number of hydrogen-bond acceptors (Lipinski definition) is 5. The Hall–Kier alpha value is -3.29. The van der Waals surface area contributed by atoms with Crippen molar-refractivity contribution in [2.45, 2.75) is 6.54 Å². The fourth-order valence-corrected chi connectivity index (χ4v) is 2.30. The van der Waals surface area contributed by atoms with Crippen LogP contribution in [0.2, 0.25) is 0 Å². The van der Waals surface area contributed by atoms with Gasteiger partial charge < -0.3 is 9.88 Å². The van der Waals surface area contributed by atoms with Crippen LogP contribution in [0.5, 0.6) is 0 Å². The minimum atomic E-state index is -0.865. The molecule has 0 bridgehead atoms. The van der Waals surface area contributed by atoms with Gasteiger partial charge >= 0.3 is 5.69 Å². The minimum Gasteiger partial charge on any atom is -0.378 e. The molecule has 0 spiro atoms. The molecular formula is C16H14FN5O2. The highest BCUT2D eigenvalue weighted by Gasteiger charge is 2.15. The predicted octanol–water partition coefficient (Wildman–Crippen LogP) is 3.14. The van der Waals surface area contributed by atoms with E-state index in [9.17, 15) is 14.5 Å². The Labute approximate surface area is 136 Å². The van der Waals surface area contributed by atoms with Gasteiger partial charge in [0.15, 0.2) is 11.6 Å². The van der Waals surface area contributed by atoms with Crippen LogP contribution in [0.15, 0.2) is 48.5 Å². The van der Waals surface area contributed by atoms with Gasteiger partial charge in [-0.25, -0.2) is 0 Å². The molecule has 0 aliphatic heterocycles. The van der Waals surface area contributed by atoms with E-state index in [1.54, 1.807) is 0 Å². The van der Waals surface area contributed by atoms with Gasteiger partial charge in [0.05, 0.1) is 11.5 Å². The Bertz CT molecular complexity index is 879.